The van der Waals surface area contributed by atoms with Crippen molar-refractivity contribution in [2.75, 3.05) is 0 Å². The highest BCUT2D eigenvalue weighted by Crippen LogP contribution is 2.16. The Balaban J connectivity index is 3.05. The monoisotopic (exact) mass is 170 g/mol. The molecule has 12 heavy (non-hydrogen) atoms. The first-order valence-corrected chi connectivity index (χ1v) is 3.45. The lowest BCUT2D eigenvalue weighted by Gasteiger charge is -1.99. The minimum Gasteiger partial charge on any atom is -0.492 e. The zero-order valence-corrected chi connectivity index (χ0v) is 6.90. The first-order chi connectivity index (χ1) is 5.52. The van der Waals surface area contributed by atoms with Gasteiger partial charge in [0.15, 0.2) is 0 Å². The molecule has 1 aromatic rings. The van der Waals surface area contributed by atoms with Gasteiger partial charge >= 0.3 is 5.97 Å². The highest BCUT2D eigenvalue weighted by molar-refractivity contribution is 5.70. The van der Waals surface area contributed by atoms with Crippen LogP contribution in [0, 0.1) is 6.92 Å². The van der Waals surface area contributed by atoms with Crippen molar-refractivity contribution in [1.29, 1.82) is 0 Å². The largest absolute Gasteiger partial charge is 0.492 e. The molecule has 1 rings (SSSR count). The van der Waals surface area contributed by atoms with Crippen molar-refractivity contribution >= 4 is 5.97 Å². The number of aryl methyl sites for hydroxylation is 1. The first-order valence-electron chi connectivity index (χ1n) is 3.45. The number of aromatic nitrogens is 2. The predicted octanol–water partition coefficient (Wildman–Crippen LogP) is 0.0612. The number of hydrogen-bond donors (Lipinski definition) is 2. The minimum absolute atomic E-state index is 0.197. The van der Waals surface area contributed by atoms with Crippen molar-refractivity contribution in [2.24, 2.45) is 7.05 Å². The Morgan fingerprint density at radius 3 is 2.58 bits per heavy atom. The van der Waals surface area contributed by atoms with Crippen LogP contribution in [0.4, 0.5) is 0 Å². The Morgan fingerprint density at radius 2 is 2.25 bits per heavy atom. The average molecular weight is 170 g/mol. The van der Waals surface area contributed by atoms with Gasteiger partial charge in [-0.3, -0.25) is 4.79 Å². The van der Waals surface area contributed by atoms with E-state index in [1.165, 1.54) is 0 Å². The second-order valence-electron chi connectivity index (χ2n) is 2.56. The fourth-order valence-electron chi connectivity index (χ4n) is 0.979. The van der Waals surface area contributed by atoms with Gasteiger partial charge in [0.2, 0.25) is 5.88 Å². The Hall–Kier alpha value is -1.52. The molecule has 0 saturated heterocycles. The fourth-order valence-corrected chi connectivity index (χ4v) is 0.979. The SMILES string of the molecule is Cc1nc(O)c(CC(=O)O)n1C. The quantitative estimate of drug-likeness (QED) is 0.658. The summed E-state index contributed by atoms with van der Waals surface area (Å²) in [5, 5.41) is 17.6. The molecule has 5 heteroatoms. The van der Waals surface area contributed by atoms with Crippen LogP contribution in [0.5, 0.6) is 5.88 Å². The molecule has 66 valence electrons. The molecule has 1 aromatic heterocycles. The van der Waals surface area contributed by atoms with Gasteiger partial charge < -0.3 is 14.8 Å². The molecule has 0 aromatic carbocycles. The van der Waals surface area contributed by atoms with E-state index in [4.69, 9.17) is 10.2 Å². The molecule has 0 amide bonds. The molecule has 0 aliphatic heterocycles. The topological polar surface area (TPSA) is 75.3 Å². The van der Waals surface area contributed by atoms with Gasteiger partial charge in [0.25, 0.3) is 0 Å². The second kappa shape index (κ2) is 2.84. The summed E-state index contributed by atoms with van der Waals surface area (Å²) in [5.41, 5.74) is 0.333. The molecule has 0 saturated carbocycles. The predicted molar refractivity (Wildman–Crippen MR) is 40.9 cm³/mol. The van der Waals surface area contributed by atoms with Crippen molar-refractivity contribution < 1.29 is 15.0 Å². The van der Waals surface area contributed by atoms with E-state index in [1.54, 1.807) is 18.5 Å². The smallest absolute Gasteiger partial charge is 0.309 e. The molecule has 5 nitrogen and oxygen atoms in total. The molecule has 0 aliphatic carbocycles. The van der Waals surface area contributed by atoms with E-state index in [2.05, 4.69) is 4.98 Å². The summed E-state index contributed by atoms with van der Waals surface area (Å²) >= 11 is 0. The molecule has 0 unspecified atom stereocenters. The van der Waals surface area contributed by atoms with Gasteiger partial charge in [0.1, 0.15) is 5.82 Å². The van der Waals surface area contributed by atoms with E-state index in [1.807, 2.05) is 0 Å². The number of imidazole rings is 1. The van der Waals surface area contributed by atoms with Crippen LogP contribution in [-0.4, -0.2) is 25.7 Å². The van der Waals surface area contributed by atoms with Crippen LogP contribution in [-0.2, 0) is 18.3 Å². The molecular weight excluding hydrogens is 160 g/mol. The maximum absolute atomic E-state index is 10.3. The fraction of sp³-hybridized carbons (Fsp3) is 0.429. The van der Waals surface area contributed by atoms with Gasteiger partial charge in [-0.05, 0) is 6.92 Å². The molecule has 0 fully saturated rings. The van der Waals surface area contributed by atoms with Gasteiger partial charge in [-0.25, -0.2) is 0 Å². The lowest BCUT2D eigenvalue weighted by atomic mass is 10.3. The minimum atomic E-state index is -0.978. The first kappa shape index (κ1) is 8.58. The summed E-state index contributed by atoms with van der Waals surface area (Å²) in [5.74, 6) is -0.575. The molecule has 1 heterocycles. The standard InChI is InChI=1S/C7H10N2O3/c1-4-8-7(12)5(9(4)2)3-6(10)11/h12H,3H2,1-2H3,(H,10,11). The number of carboxylic acid groups (broad SMARTS) is 1. The van der Waals surface area contributed by atoms with Gasteiger partial charge in [-0.15, -0.1) is 0 Å². The van der Waals surface area contributed by atoms with Crippen LogP contribution < -0.4 is 0 Å². The highest BCUT2D eigenvalue weighted by atomic mass is 16.4. The number of aliphatic carboxylic acids is 1. The third-order valence-electron chi connectivity index (χ3n) is 1.73. The van der Waals surface area contributed by atoms with Crippen LogP contribution in [0.15, 0.2) is 0 Å². The molecule has 0 spiro atoms. The Kier molecular flexibility index (Phi) is 2.03. The molecule has 0 radical (unpaired) electrons. The second-order valence-corrected chi connectivity index (χ2v) is 2.56. The number of hydrogen-bond acceptors (Lipinski definition) is 3. The number of carboxylic acids is 1. The summed E-state index contributed by atoms with van der Waals surface area (Å²) in [4.78, 5) is 14.0. The Labute approximate surface area is 69.3 Å². The third-order valence-corrected chi connectivity index (χ3v) is 1.73. The van der Waals surface area contributed by atoms with Gasteiger partial charge in [0, 0.05) is 7.05 Å². The van der Waals surface area contributed by atoms with Gasteiger partial charge in [0.05, 0.1) is 12.1 Å². The van der Waals surface area contributed by atoms with E-state index in [9.17, 15) is 4.79 Å². The Morgan fingerprint density at radius 1 is 1.67 bits per heavy atom. The molecule has 0 bridgehead atoms. The number of rotatable bonds is 2. The van der Waals surface area contributed by atoms with Gasteiger partial charge in [-0.2, -0.15) is 4.98 Å². The van der Waals surface area contributed by atoms with E-state index in [0.29, 0.717) is 11.5 Å². The van der Waals surface area contributed by atoms with Crippen LogP contribution in [0.25, 0.3) is 0 Å². The van der Waals surface area contributed by atoms with Crippen LogP contribution >= 0.6 is 0 Å². The van der Waals surface area contributed by atoms with Crippen molar-refractivity contribution in [2.45, 2.75) is 13.3 Å². The Bertz CT molecular complexity index is 317. The summed E-state index contributed by atoms with van der Waals surface area (Å²) < 4.78 is 1.56. The number of aromatic hydroxyl groups is 1. The highest BCUT2D eigenvalue weighted by Gasteiger charge is 2.13. The number of nitrogens with zero attached hydrogens (tertiary/aromatic N) is 2. The van der Waals surface area contributed by atoms with Crippen LogP contribution in [0.1, 0.15) is 11.5 Å². The lowest BCUT2D eigenvalue weighted by molar-refractivity contribution is -0.136. The van der Waals surface area contributed by atoms with E-state index >= 15 is 0 Å². The summed E-state index contributed by atoms with van der Waals surface area (Å²) in [7, 11) is 1.67. The molecule has 0 aliphatic rings. The van der Waals surface area contributed by atoms with Gasteiger partial charge in [-0.1, -0.05) is 0 Å². The normalized spacial score (nSPS) is 10.2. The number of carbonyl (C=O) groups is 1. The van der Waals surface area contributed by atoms with E-state index in [-0.39, 0.29) is 12.3 Å². The van der Waals surface area contributed by atoms with Crippen molar-refractivity contribution in [3.8, 4) is 5.88 Å². The maximum atomic E-state index is 10.3. The van der Waals surface area contributed by atoms with Crippen molar-refractivity contribution in [3.63, 3.8) is 0 Å². The zero-order chi connectivity index (χ0) is 9.30. The van der Waals surface area contributed by atoms with Crippen molar-refractivity contribution in [1.82, 2.24) is 9.55 Å². The van der Waals surface area contributed by atoms with E-state index < -0.39 is 5.97 Å². The van der Waals surface area contributed by atoms with Crippen LogP contribution in [0.3, 0.4) is 0 Å². The molecule has 0 atom stereocenters. The summed E-state index contributed by atoms with van der Waals surface area (Å²) in [6.45, 7) is 1.70. The maximum Gasteiger partial charge on any atom is 0.309 e. The van der Waals surface area contributed by atoms with Crippen LogP contribution in [0.2, 0.25) is 0 Å². The van der Waals surface area contributed by atoms with E-state index in [0.717, 1.165) is 0 Å². The van der Waals surface area contributed by atoms with Crippen molar-refractivity contribution in [3.05, 3.63) is 11.5 Å². The lowest BCUT2D eigenvalue weighted by Crippen LogP contribution is -2.06. The summed E-state index contributed by atoms with van der Waals surface area (Å²) in [6, 6.07) is 0. The molecular formula is C7H10N2O3. The average Bonchev–Trinajstić information content (AvgIpc) is 2.16. The molecule has 2 N–H and O–H groups in total. The third kappa shape index (κ3) is 1.39. The zero-order valence-electron chi connectivity index (χ0n) is 6.90. The summed E-state index contributed by atoms with van der Waals surface area (Å²) in [6.07, 6.45) is -0.205.